The first-order valence-corrected chi connectivity index (χ1v) is 14.5. The second kappa shape index (κ2) is 13.5. The molecule has 1 aromatic heterocycles. The molecule has 5 rings (SSSR count). The smallest absolute Gasteiger partial charge is 0.410 e. The molecule has 4 heterocycles. The summed E-state index contributed by atoms with van der Waals surface area (Å²) in [6, 6.07) is 12.0. The van der Waals surface area contributed by atoms with Gasteiger partial charge in [-0.05, 0) is 87.6 Å². The largest absolute Gasteiger partial charge is 0.474 e. The number of benzene rings is 1. The molecule has 41 heavy (non-hydrogen) atoms. The van der Waals surface area contributed by atoms with Gasteiger partial charge in [0.2, 0.25) is 11.8 Å². The van der Waals surface area contributed by atoms with Gasteiger partial charge < -0.3 is 24.6 Å². The van der Waals surface area contributed by atoms with E-state index in [4.69, 9.17) is 9.47 Å². The molecule has 2 aromatic rings. The molecule has 1 aromatic carbocycles. The second-order valence-electron chi connectivity index (χ2n) is 11.4. The van der Waals surface area contributed by atoms with Crippen molar-refractivity contribution < 1.29 is 19.1 Å². The van der Waals surface area contributed by atoms with E-state index < -0.39 is 0 Å². The number of piperidine rings is 1. The van der Waals surface area contributed by atoms with Crippen molar-refractivity contribution in [2.24, 2.45) is 5.92 Å². The number of nitrogens with one attached hydrogen (secondary N) is 1. The molecule has 0 aliphatic carbocycles. The topological polar surface area (TPSA) is 108 Å². The van der Waals surface area contributed by atoms with Gasteiger partial charge in [-0.25, -0.2) is 9.78 Å². The van der Waals surface area contributed by atoms with E-state index >= 15 is 0 Å². The third kappa shape index (κ3) is 7.11. The molecule has 2 amide bonds. The minimum absolute atomic E-state index is 0. The lowest BCUT2D eigenvalue weighted by molar-refractivity contribution is -0.133. The van der Waals surface area contributed by atoms with Gasteiger partial charge in [0.15, 0.2) is 0 Å². The van der Waals surface area contributed by atoms with E-state index in [1.807, 2.05) is 32.2 Å². The van der Waals surface area contributed by atoms with Gasteiger partial charge in [-0.3, -0.25) is 4.79 Å². The lowest BCUT2D eigenvalue weighted by atomic mass is 9.92. The Morgan fingerprint density at radius 2 is 1.80 bits per heavy atom. The summed E-state index contributed by atoms with van der Waals surface area (Å²) < 4.78 is 11.5. The Kier molecular flexibility index (Phi) is 10.1. The van der Waals surface area contributed by atoms with Gasteiger partial charge in [-0.15, -0.1) is 12.4 Å². The predicted molar refractivity (Wildman–Crippen MR) is 158 cm³/mol. The zero-order chi connectivity index (χ0) is 28.2. The number of carbonyl (C=O) groups is 2. The van der Waals surface area contributed by atoms with Crippen molar-refractivity contribution in [1.29, 1.82) is 5.26 Å². The van der Waals surface area contributed by atoms with Crippen LogP contribution in [0.2, 0.25) is 0 Å². The summed E-state index contributed by atoms with van der Waals surface area (Å²) in [5.74, 6) is 0.980. The zero-order valence-electron chi connectivity index (χ0n) is 24.0. The quantitative estimate of drug-likeness (QED) is 0.526. The standard InChI is InChI=1S/C31H39N5O4.ClH/c1-20(2)39-31(38)35-13-10-22(11-14-35)21(3)40-29-9-8-25(18-34-29)23-6-7-24-16-28(33-19-26(24)15-23)30(37)36-12-4-5-27(36)17-32;/h6-9,15,18,20-22,27-28,33H,4-5,10-14,16,19H2,1-3H3;1H/t21-,27?,28?;/m0./s1. The van der Waals surface area contributed by atoms with Gasteiger partial charge in [0.25, 0.3) is 0 Å². The fourth-order valence-corrected chi connectivity index (χ4v) is 5.97. The maximum Gasteiger partial charge on any atom is 0.410 e. The monoisotopic (exact) mass is 581 g/mol. The molecule has 9 nitrogen and oxygen atoms in total. The summed E-state index contributed by atoms with van der Waals surface area (Å²) in [5, 5.41) is 12.7. The molecule has 0 bridgehead atoms. The van der Waals surface area contributed by atoms with E-state index in [2.05, 4.69) is 41.5 Å². The Hall–Kier alpha value is -3.35. The molecule has 3 aliphatic rings. The Labute approximate surface area is 248 Å². The van der Waals surface area contributed by atoms with E-state index in [1.165, 1.54) is 11.1 Å². The number of aromatic nitrogens is 1. The summed E-state index contributed by atoms with van der Waals surface area (Å²) in [5.41, 5.74) is 4.42. The molecule has 0 saturated carbocycles. The van der Waals surface area contributed by atoms with Crippen LogP contribution in [-0.4, -0.2) is 70.7 Å². The van der Waals surface area contributed by atoms with Crippen molar-refractivity contribution in [3.8, 4) is 23.1 Å². The average Bonchev–Trinajstić information content (AvgIpc) is 3.45. The van der Waals surface area contributed by atoms with Gasteiger partial charge in [-0.2, -0.15) is 5.26 Å². The fraction of sp³-hybridized carbons (Fsp3) is 0.548. The molecular weight excluding hydrogens is 542 g/mol. The predicted octanol–water partition coefficient (Wildman–Crippen LogP) is 4.72. The minimum Gasteiger partial charge on any atom is -0.474 e. The lowest BCUT2D eigenvalue weighted by Gasteiger charge is -2.34. The van der Waals surface area contributed by atoms with E-state index in [0.717, 1.165) is 36.8 Å². The number of halogens is 1. The number of pyridine rings is 1. The van der Waals surface area contributed by atoms with Crippen LogP contribution in [0.3, 0.4) is 0 Å². The summed E-state index contributed by atoms with van der Waals surface area (Å²) in [6.45, 7) is 8.44. The lowest BCUT2D eigenvalue weighted by Crippen LogP contribution is -2.50. The van der Waals surface area contributed by atoms with Crippen molar-refractivity contribution in [2.45, 2.75) is 83.7 Å². The normalized spacial score (nSPS) is 21.4. The highest BCUT2D eigenvalue weighted by Crippen LogP contribution is 2.29. The number of hydrogen-bond acceptors (Lipinski definition) is 7. The van der Waals surface area contributed by atoms with Gasteiger partial charge in [-0.1, -0.05) is 12.1 Å². The van der Waals surface area contributed by atoms with Gasteiger partial charge in [0.1, 0.15) is 12.1 Å². The van der Waals surface area contributed by atoms with Crippen LogP contribution in [0.4, 0.5) is 4.79 Å². The van der Waals surface area contributed by atoms with Crippen molar-refractivity contribution in [3.63, 3.8) is 0 Å². The third-order valence-corrected chi connectivity index (χ3v) is 8.33. The van der Waals surface area contributed by atoms with Crippen LogP contribution in [0.25, 0.3) is 11.1 Å². The highest BCUT2D eigenvalue weighted by Gasteiger charge is 2.34. The summed E-state index contributed by atoms with van der Waals surface area (Å²) in [7, 11) is 0. The first kappa shape index (κ1) is 30.6. The van der Waals surface area contributed by atoms with Crippen LogP contribution < -0.4 is 10.1 Å². The second-order valence-corrected chi connectivity index (χ2v) is 11.4. The van der Waals surface area contributed by atoms with Crippen molar-refractivity contribution in [1.82, 2.24) is 20.1 Å². The number of amides is 2. The van der Waals surface area contributed by atoms with Crippen LogP contribution >= 0.6 is 12.4 Å². The number of nitrogens with zero attached hydrogens (tertiary/aromatic N) is 4. The number of fused-ring (bicyclic) bond motifs is 1. The summed E-state index contributed by atoms with van der Waals surface area (Å²) in [6.07, 6.45) is 5.53. The van der Waals surface area contributed by atoms with Crippen LogP contribution in [0.5, 0.6) is 5.88 Å². The number of likely N-dealkylation sites (tertiary alicyclic amines) is 2. The highest BCUT2D eigenvalue weighted by molar-refractivity contribution is 5.85. The van der Waals surface area contributed by atoms with Crippen molar-refractivity contribution >= 4 is 24.4 Å². The van der Waals surface area contributed by atoms with Gasteiger partial charge in [0.05, 0.1) is 18.2 Å². The fourth-order valence-electron chi connectivity index (χ4n) is 5.97. The van der Waals surface area contributed by atoms with Gasteiger partial charge >= 0.3 is 6.09 Å². The van der Waals surface area contributed by atoms with Crippen LogP contribution in [-0.2, 0) is 22.5 Å². The highest BCUT2D eigenvalue weighted by atomic mass is 35.5. The van der Waals surface area contributed by atoms with Crippen LogP contribution in [0.15, 0.2) is 36.5 Å². The van der Waals surface area contributed by atoms with Crippen LogP contribution in [0, 0.1) is 17.2 Å². The molecular formula is C31H40ClN5O4. The summed E-state index contributed by atoms with van der Waals surface area (Å²) >= 11 is 0. The molecule has 3 aliphatic heterocycles. The number of rotatable bonds is 6. The molecule has 220 valence electrons. The Morgan fingerprint density at radius 3 is 2.49 bits per heavy atom. The van der Waals surface area contributed by atoms with Crippen molar-refractivity contribution in [3.05, 3.63) is 47.7 Å². The zero-order valence-corrected chi connectivity index (χ0v) is 24.9. The molecule has 3 atom stereocenters. The first-order chi connectivity index (χ1) is 19.3. The molecule has 0 spiro atoms. The maximum atomic E-state index is 13.0. The molecule has 2 fully saturated rings. The van der Waals surface area contributed by atoms with Crippen molar-refractivity contribution in [2.75, 3.05) is 19.6 Å². The first-order valence-electron chi connectivity index (χ1n) is 14.5. The molecule has 2 saturated heterocycles. The number of carbonyl (C=O) groups excluding carboxylic acids is 2. The van der Waals surface area contributed by atoms with Gasteiger partial charge in [0, 0.05) is 44.0 Å². The van der Waals surface area contributed by atoms with E-state index in [1.54, 1.807) is 9.80 Å². The third-order valence-electron chi connectivity index (χ3n) is 8.33. The molecule has 2 unspecified atom stereocenters. The minimum atomic E-state index is -0.297. The Balaban J connectivity index is 0.00000387. The van der Waals surface area contributed by atoms with E-state index in [9.17, 15) is 14.9 Å². The molecule has 1 N–H and O–H groups in total. The van der Waals surface area contributed by atoms with Crippen LogP contribution in [0.1, 0.15) is 57.6 Å². The maximum absolute atomic E-state index is 13.0. The molecule has 10 heteroatoms. The Morgan fingerprint density at radius 1 is 1.05 bits per heavy atom. The number of nitriles is 1. The molecule has 0 radical (unpaired) electrons. The van der Waals surface area contributed by atoms with E-state index in [-0.39, 0.29) is 48.7 Å². The number of hydrogen-bond donors (Lipinski definition) is 1. The summed E-state index contributed by atoms with van der Waals surface area (Å²) in [4.78, 5) is 33.3. The number of ether oxygens (including phenoxy) is 2. The Bertz CT molecular complexity index is 1260. The average molecular weight is 582 g/mol. The SMILES string of the molecule is CC(C)OC(=O)N1CCC([C@H](C)Oc2ccc(-c3ccc4c(c3)CNC(C(=O)N3CCCC3C#N)C4)cn2)CC1.Cl. The van der Waals surface area contributed by atoms with E-state index in [0.29, 0.717) is 44.4 Å².